The SMILES string of the molecule is Cc1c(C(O)CN2C3CCC2[C@@H](O)C3)cc([C@@H]2C[C@H]2CCC#N)n1-c1ccc(C#N)cc1. The summed E-state index contributed by atoms with van der Waals surface area (Å²) in [6, 6.07) is 14.7. The van der Waals surface area contributed by atoms with Crippen molar-refractivity contribution in [2.45, 2.75) is 75.7 Å². The highest BCUT2D eigenvalue weighted by Gasteiger charge is 2.46. The Morgan fingerprint density at radius 1 is 1.16 bits per heavy atom. The zero-order valence-corrected chi connectivity index (χ0v) is 18.5. The molecule has 3 fully saturated rings. The number of benzene rings is 1. The van der Waals surface area contributed by atoms with Crippen LogP contribution in [-0.2, 0) is 0 Å². The molecule has 2 N–H and O–H groups in total. The summed E-state index contributed by atoms with van der Waals surface area (Å²) < 4.78 is 2.23. The molecular weight excluding hydrogens is 400 g/mol. The van der Waals surface area contributed by atoms with Crippen LogP contribution in [-0.4, -0.2) is 44.4 Å². The zero-order valence-electron chi connectivity index (χ0n) is 18.5. The first kappa shape index (κ1) is 21.2. The average molecular weight is 431 g/mol. The monoisotopic (exact) mass is 430 g/mol. The predicted octanol–water partition coefficient (Wildman–Crippen LogP) is 3.70. The number of hydrogen-bond acceptors (Lipinski definition) is 5. The van der Waals surface area contributed by atoms with Crippen molar-refractivity contribution in [1.29, 1.82) is 10.5 Å². The molecule has 3 aliphatic rings. The van der Waals surface area contributed by atoms with Gasteiger partial charge in [-0.1, -0.05) is 0 Å². The van der Waals surface area contributed by atoms with Crippen molar-refractivity contribution in [3.63, 3.8) is 0 Å². The maximum Gasteiger partial charge on any atom is 0.0991 e. The van der Waals surface area contributed by atoms with Gasteiger partial charge in [-0.15, -0.1) is 0 Å². The van der Waals surface area contributed by atoms with Crippen LogP contribution in [0.15, 0.2) is 30.3 Å². The van der Waals surface area contributed by atoms with Crippen LogP contribution in [0, 0.1) is 35.5 Å². The number of aromatic nitrogens is 1. The highest BCUT2D eigenvalue weighted by molar-refractivity contribution is 5.47. The number of nitrogens with zero attached hydrogens (tertiary/aromatic N) is 4. The number of aliphatic hydroxyl groups is 2. The fraction of sp³-hybridized carbons (Fsp3) is 0.538. The number of fused-ring (bicyclic) bond motifs is 2. The van der Waals surface area contributed by atoms with E-state index in [4.69, 9.17) is 10.5 Å². The van der Waals surface area contributed by atoms with Crippen molar-refractivity contribution in [2.24, 2.45) is 5.92 Å². The first-order chi connectivity index (χ1) is 15.5. The third-order valence-corrected chi connectivity index (χ3v) is 7.89. The Bertz CT molecular complexity index is 1080. The van der Waals surface area contributed by atoms with Crippen LogP contribution in [0.5, 0.6) is 0 Å². The molecule has 3 heterocycles. The summed E-state index contributed by atoms with van der Waals surface area (Å²) in [5.74, 6) is 0.902. The third-order valence-electron chi connectivity index (χ3n) is 7.89. The highest BCUT2D eigenvalue weighted by atomic mass is 16.3. The first-order valence-corrected chi connectivity index (χ1v) is 11.7. The van der Waals surface area contributed by atoms with E-state index in [1.54, 1.807) is 0 Å². The molecule has 1 saturated carbocycles. The lowest BCUT2D eigenvalue weighted by atomic mass is 9.98. The van der Waals surface area contributed by atoms with Crippen LogP contribution in [0.2, 0.25) is 0 Å². The Balaban J connectivity index is 1.45. The summed E-state index contributed by atoms with van der Waals surface area (Å²) >= 11 is 0. The number of aliphatic hydroxyl groups excluding tert-OH is 2. The molecule has 5 rings (SSSR count). The average Bonchev–Trinajstić information content (AvgIpc) is 3.22. The van der Waals surface area contributed by atoms with Gasteiger partial charge in [0.25, 0.3) is 0 Å². The van der Waals surface area contributed by atoms with Gasteiger partial charge in [0.2, 0.25) is 0 Å². The second-order valence-electron chi connectivity index (χ2n) is 9.72. The van der Waals surface area contributed by atoms with E-state index in [2.05, 4.69) is 34.6 Å². The van der Waals surface area contributed by atoms with Crippen LogP contribution < -0.4 is 0 Å². The molecule has 2 saturated heterocycles. The lowest BCUT2D eigenvalue weighted by Crippen LogP contribution is -2.35. The van der Waals surface area contributed by atoms with Gasteiger partial charge >= 0.3 is 0 Å². The Hall–Kier alpha value is -2.64. The van der Waals surface area contributed by atoms with Gasteiger partial charge < -0.3 is 14.8 Å². The fourth-order valence-electron chi connectivity index (χ4n) is 6.12. The summed E-state index contributed by atoms with van der Waals surface area (Å²) in [7, 11) is 0. The van der Waals surface area contributed by atoms with Crippen molar-refractivity contribution in [3.8, 4) is 17.8 Å². The molecule has 166 valence electrons. The quantitative estimate of drug-likeness (QED) is 0.698. The normalized spacial score (nSPS) is 29.6. The minimum absolute atomic E-state index is 0.175. The zero-order chi connectivity index (χ0) is 22.4. The van der Waals surface area contributed by atoms with Crippen molar-refractivity contribution < 1.29 is 10.2 Å². The van der Waals surface area contributed by atoms with E-state index in [-0.39, 0.29) is 12.1 Å². The third kappa shape index (κ3) is 3.63. The van der Waals surface area contributed by atoms with Gasteiger partial charge in [-0.05, 0) is 75.3 Å². The van der Waals surface area contributed by atoms with Crippen molar-refractivity contribution in [1.82, 2.24) is 9.47 Å². The van der Waals surface area contributed by atoms with Gasteiger partial charge in [0, 0.05) is 53.6 Å². The van der Waals surface area contributed by atoms with Gasteiger partial charge in [-0.2, -0.15) is 10.5 Å². The molecule has 0 radical (unpaired) electrons. The van der Waals surface area contributed by atoms with Gasteiger partial charge in [-0.25, -0.2) is 0 Å². The molecule has 0 spiro atoms. The van der Waals surface area contributed by atoms with Crippen LogP contribution in [0.3, 0.4) is 0 Å². The molecule has 2 aromatic rings. The summed E-state index contributed by atoms with van der Waals surface area (Å²) in [5, 5.41) is 39.7. The molecule has 2 bridgehead atoms. The van der Waals surface area contributed by atoms with Crippen molar-refractivity contribution in [2.75, 3.05) is 6.54 Å². The van der Waals surface area contributed by atoms with Gasteiger partial charge in [0.15, 0.2) is 0 Å². The Kier molecular flexibility index (Phi) is 5.55. The molecule has 6 nitrogen and oxygen atoms in total. The van der Waals surface area contributed by atoms with Crippen LogP contribution in [0.4, 0.5) is 0 Å². The van der Waals surface area contributed by atoms with Crippen molar-refractivity contribution in [3.05, 3.63) is 52.8 Å². The Morgan fingerprint density at radius 2 is 1.94 bits per heavy atom. The Morgan fingerprint density at radius 3 is 2.56 bits per heavy atom. The molecule has 0 amide bonds. The van der Waals surface area contributed by atoms with E-state index in [0.717, 1.165) is 49.0 Å². The van der Waals surface area contributed by atoms with Crippen LogP contribution >= 0.6 is 0 Å². The highest BCUT2D eigenvalue weighted by Crippen LogP contribution is 2.52. The Labute approximate surface area is 189 Å². The molecule has 3 unspecified atom stereocenters. The topological polar surface area (TPSA) is 96.2 Å². The first-order valence-electron chi connectivity index (χ1n) is 11.7. The van der Waals surface area contributed by atoms with E-state index in [1.807, 2.05) is 24.3 Å². The second kappa shape index (κ2) is 8.37. The van der Waals surface area contributed by atoms with Gasteiger partial charge in [-0.3, -0.25) is 4.90 Å². The van der Waals surface area contributed by atoms with Gasteiger partial charge in [0.05, 0.1) is 29.9 Å². The molecule has 1 aromatic carbocycles. The molecule has 2 aliphatic heterocycles. The minimum Gasteiger partial charge on any atom is -0.391 e. The predicted molar refractivity (Wildman–Crippen MR) is 120 cm³/mol. The lowest BCUT2D eigenvalue weighted by molar-refractivity contribution is 0.0797. The fourth-order valence-corrected chi connectivity index (χ4v) is 6.12. The molecule has 6 atom stereocenters. The molecular formula is C26H30N4O2. The van der Waals surface area contributed by atoms with E-state index in [1.165, 1.54) is 5.69 Å². The number of nitriles is 2. The van der Waals surface area contributed by atoms with E-state index < -0.39 is 6.10 Å². The second-order valence-corrected chi connectivity index (χ2v) is 9.72. The molecule has 6 heteroatoms. The maximum atomic E-state index is 11.3. The van der Waals surface area contributed by atoms with E-state index >= 15 is 0 Å². The molecule has 1 aromatic heterocycles. The van der Waals surface area contributed by atoms with Crippen LogP contribution in [0.25, 0.3) is 5.69 Å². The number of hydrogen-bond donors (Lipinski definition) is 2. The number of rotatable bonds is 7. The standard InChI is InChI=1S/C26H30N4O2/c1-16-21(26(32)15-29-20-8-9-23(29)25(31)12-20)13-24(22-11-18(22)3-2-10-27)30(16)19-6-4-17(14-28)5-7-19/h4-7,13,18,20,22-23,25-26,31-32H,2-3,8-9,11-12,15H2,1H3/t18-,20?,22-,23?,25+,26?/m1/s1. The summed E-state index contributed by atoms with van der Waals surface area (Å²) in [5.41, 5.74) is 4.78. The smallest absolute Gasteiger partial charge is 0.0991 e. The van der Waals surface area contributed by atoms with E-state index in [9.17, 15) is 10.2 Å². The summed E-state index contributed by atoms with van der Waals surface area (Å²) in [4.78, 5) is 2.31. The lowest BCUT2D eigenvalue weighted by Gasteiger charge is -2.25. The minimum atomic E-state index is -0.613. The maximum absolute atomic E-state index is 11.3. The molecule has 32 heavy (non-hydrogen) atoms. The summed E-state index contributed by atoms with van der Waals surface area (Å²) in [6.07, 6.45) is 4.60. The largest absolute Gasteiger partial charge is 0.391 e. The van der Waals surface area contributed by atoms with Gasteiger partial charge in [0.1, 0.15) is 0 Å². The summed E-state index contributed by atoms with van der Waals surface area (Å²) in [6.45, 7) is 2.60. The van der Waals surface area contributed by atoms with E-state index in [0.29, 0.717) is 36.4 Å². The molecule has 1 aliphatic carbocycles. The van der Waals surface area contributed by atoms with Crippen molar-refractivity contribution >= 4 is 0 Å². The van der Waals surface area contributed by atoms with Crippen LogP contribution in [0.1, 0.15) is 73.1 Å².